The summed E-state index contributed by atoms with van der Waals surface area (Å²) in [6, 6.07) is 8.56. The monoisotopic (exact) mass is 173 g/mol. The van der Waals surface area contributed by atoms with Crippen LogP contribution in [0.4, 0.5) is 0 Å². The van der Waals surface area contributed by atoms with Crippen LogP contribution in [0.2, 0.25) is 0 Å². The third-order valence-electron chi connectivity index (χ3n) is 3.37. The van der Waals surface area contributed by atoms with Crippen LogP contribution in [0.25, 0.3) is 0 Å². The smallest absolute Gasteiger partial charge is 0.0617 e. The quantitative estimate of drug-likeness (QED) is 0.473. The Morgan fingerprint density at radius 2 is 2.00 bits per heavy atom. The van der Waals surface area contributed by atoms with Gasteiger partial charge in [0, 0.05) is 5.92 Å². The van der Waals surface area contributed by atoms with E-state index < -0.39 is 0 Å². The second-order valence-corrected chi connectivity index (χ2v) is 3.91. The maximum atomic E-state index is 8.70. The zero-order valence-electron chi connectivity index (χ0n) is 7.27. The molecule has 0 aliphatic heterocycles. The molecule has 1 saturated carbocycles. The van der Waals surface area contributed by atoms with Crippen molar-refractivity contribution in [3.63, 3.8) is 0 Å². The highest BCUT2D eigenvalue weighted by Gasteiger charge is 2.44. The van der Waals surface area contributed by atoms with E-state index in [1.807, 2.05) is 0 Å². The highest BCUT2D eigenvalue weighted by Crippen LogP contribution is 2.49. The van der Waals surface area contributed by atoms with Crippen molar-refractivity contribution in [2.45, 2.75) is 18.8 Å². The number of fused-ring (bicyclic) bond motifs is 3. The van der Waals surface area contributed by atoms with E-state index in [-0.39, 0.29) is 0 Å². The Kier molecular flexibility index (Phi) is 1.29. The summed E-state index contributed by atoms with van der Waals surface area (Å²) in [6.45, 7) is 0. The molecule has 0 saturated heterocycles. The van der Waals surface area contributed by atoms with Crippen molar-refractivity contribution in [1.82, 2.24) is 0 Å². The number of benzene rings is 1. The van der Waals surface area contributed by atoms with Gasteiger partial charge in [0.05, 0.1) is 5.71 Å². The van der Waals surface area contributed by atoms with Gasteiger partial charge < -0.3 is 5.21 Å². The topological polar surface area (TPSA) is 32.6 Å². The van der Waals surface area contributed by atoms with E-state index in [1.54, 1.807) is 0 Å². The average Bonchev–Trinajstić information content (AvgIpc) is 2.41. The summed E-state index contributed by atoms with van der Waals surface area (Å²) in [7, 11) is 0. The second kappa shape index (κ2) is 2.34. The first-order valence-electron chi connectivity index (χ1n) is 4.69. The van der Waals surface area contributed by atoms with Crippen LogP contribution in [-0.2, 0) is 6.42 Å². The summed E-state index contributed by atoms with van der Waals surface area (Å²) in [6.07, 6.45) is 2.03. The lowest BCUT2D eigenvalue weighted by molar-refractivity contribution is 0.302. The Morgan fingerprint density at radius 1 is 1.15 bits per heavy atom. The first-order chi connectivity index (χ1) is 6.40. The van der Waals surface area contributed by atoms with Gasteiger partial charge in [0.1, 0.15) is 0 Å². The predicted octanol–water partition coefficient (Wildman–Crippen LogP) is 2.18. The molecular weight excluding hydrogens is 162 g/mol. The van der Waals surface area contributed by atoms with E-state index in [0.717, 1.165) is 18.6 Å². The van der Waals surface area contributed by atoms with E-state index in [9.17, 15) is 0 Å². The summed E-state index contributed by atoms with van der Waals surface area (Å²) >= 11 is 0. The lowest BCUT2D eigenvalue weighted by atomic mass is 9.72. The zero-order valence-corrected chi connectivity index (χ0v) is 7.27. The van der Waals surface area contributed by atoms with Gasteiger partial charge in [-0.25, -0.2) is 0 Å². The fourth-order valence-corrected chi connectivity index (χ4v) is 2.61. The number of nitrogens with zero attached hydrogens (tertiary/aromatic N) is 1. The van der Waals surface area contributed by atoms with E-state index in [4.69, 9.17) is 5.21 Å². The van der Waals surface area contributed by atoms with Crippen LogP contribution in [0.3, 0.4) is 0 Å². The minimum atomic E-state index is 0.502. The molecule has 13 heavy (non-hydrogen) atoms. The molecule has 1 aromatic rings. The standard InChI is InChI=1S/C11H11NO/c13-12-11-6-9-8-4-2-1-3-7(8)5-10(9)11/h1-4,9-10,13H,5-6H2/b12-11-/t9-,10-/m1/s1. The Labute approximate surface area is 76.9 Å². The fraction of sp³-hybridized carbons (Fsp3) is 0.364. The minimum absolute atomic E-state index is 0.502. The highest BCUT2D eigenvalue weighted by molar-refractivity contribution is 5.95. The van der Waals surface area contributed by atoms with Gasteiger partial charge in [-0.1, -0.05) is 29.4 Å². The Balaban J connectivity index is 2.02. The van der Waals surface area contributed by atoms with Crippen molar-refractivity contribution < 1.29 is 5.21 Å². The normalized spacial score (nSPS) is 32.5. The summed E-state index contributed by atoms with van der Waals surface area (Å²) < 4.78 is 0. The van der Waals surface area contributed by atoms with Gasteiger partial charge in [-0.2, -0.15) is 0 Å². The largest absolute Gasteiger partial charge is 0.411 e. The van der Waals surface area contributed by atoms with E-state index in [1.165, 1.54) is 11.1 Å². The van der Waals surface area contributed by atoms with Crippen LogP contribution < -0.4 is 0 Å². The molecule has 2 aliphatic rings. The zero-order chi connectivity index (χ0) is 8.84. The van der Waals surface area contributed by atoms with Gasteiger partial charge >= 0.3 is 0 Å². The first-order valence-corrected chi connectivity index (χ1v) is 4.69. The third kappa shape index (κ3) is 0.804. The Bertz CT molecular complexity index is 383. The minimum Gasteiger partial charge on any atom is -0.411 e. The van der Waals surface area contributed by atoms with Crippen LogP contribution in [-0.4, -0.2) is 10.9 Å². The molecule has 2 nitrogen and oxygen atoms in total. The van der Waals surface area contributed by atoms with Crippen molar-refractivity contribution in [3.8, 4) is 0 Å². The maximum Gasteiger partial charge on any atom is 0.0617 e. The number of oxime groups is 1. The predicted molar refractivity (Wildman–Crippen MR) is 50.2 cm³/mol. The van der Waals surface area contributed by atoms with Gasteiger partial charge in [-0.15, -0.1) is 0 Å². The van der Waals surface area contributed by atoms with Gasteiger partial charge in [-0.05, 0) is 29.9 Å². The summed E-state index contributed by atoms with van der Waals surface area (Å²) in [5.74, 6) is 1.14. The molecule has 1 fully saturated rings. The molecule has 0 heterocycles. The molecule has 0 bridgehead atoms. The van der Waals surface area contributed by atoms with Crippen molar-refractivity contribution >= 4 is 5.71 Å². The second-order valence-electron chi connectivity index (χ2n) is 3.91. The molecule has 3 rings (SSSR count). The Morgan fingerprint density at radius 3 is 2.85 bits per heavy atom. The van der Waals surface area contributed by atoms with Crippen LogP contribution in [0.1, 0.15) is 23.5 Å². The molecule has 1 N–H and O–H groups in total. The average molecular weight is 173 g/mol. The van der Waals surface area contributed by atoms with Gasteiger partial charge in [0.15, 0.2) is 0 Å². The fourth-order valence-electron chi connectivity index (χ4n) is 2.61. The molecule has 0 aromatic heterocycles. The van der Waals surface area contributed by atoms with Crippen LogP contribution in [0.15, 0.2) is 29.4 Å². The van der Waals surface area contributed by atoms with Crippen LogP contribution in [0.5, 0.6) is 0 Å². The molecule has 2 aliphatic carbocycles. The van der Waals surface area contributed by atoms with Crippen molar-refractivity contribution in [1.29, 1.82) is 0 Å². The first kappa shape index (κ1) is 7.13. The van der Waals surface area contributed by atoms with Gasteiger partial charge in [0.25, 0.3) is 0 Å². The van der Waals surface area contributed by atoms with Gasteiger partial charge in [0.2, 0.25) is 0 Å². The number of hydrogen-bond donors (Lipinski definition) is 1. The van der Waals surface area contributed by atoms with E-state index >= 15 is 0 Å². The SMILES string of the molecule is O/N=C1/C[C@@H]2c3ccccc3C[C@@H]12. The molecule has 0 unspecified atom stereocenters. The highest BCUT2D eigenvalue weighted by atomic mass is 16.4. The van der Waals surface area contributed by atoms with Crippen molar-refractivity contribution in [2.24, 2.45) is 11.1 Å². The summed E-state index contributed by atoms with van der Waals surface area (Å²) in [5.41, 5.74) is 3.90. The molecule has 2 atom stereocenters. The van der Waals surface area contributed by atoms with E-state index in [0.29, 0.717) is 11.8 Å². The summed E-state index contributed by atoms with van der Waals surface area (Å²) in [5, 5.41) is 12.0. The van der Waals surface area contributed by atoms with Crippen LogP contribution >= 0.6 is 0 Å². The molecular formula is C11H11NO. The molecule has 2 heteroatoms. The lowest BCUT2D eigenvalue weighted by Crippen LogP contribution is -2.32. The molecule has 0 spiro atoms. The molecule has 0 radical (unpaired) electrons. The van der Waals surface area contributed by atoms with E-state index in [2.05, 4.69) is 29.4 Å². The molecule has 1 aromatic carbocycles. The molecule has 0 amide bonds. The Hall–Kier alpha value is -1.31. The van der Waals surface area contributed by atoms with Crippen LogP contribution in [0, 0.1) is 5.92 Å². The summed E-state index contributed by atoms with van der Waals surface area (Å²) in [4.78, 5) is 0. The molecule has 66 valence electrons. The third-order valence-corrected chi connectivity index (χ3v) is 3.37. The number of rotatable bonds is 0. The maximum absolute atomic E-state index is 8.70. The van der Waals surface area contributed by atoms with Crippen molar-refractivity contribution in [3.05, 3.63) is 35.4 Å². The lowest BCUT2D eigenvalue weighted by Gasteiger charge is -2.31. The van der Waals surface area contributed by atoms with Crippen molar-refractivity contribution in [2.75, 3.05) is 0 Å². The number of hydrogen-bond acceptors (Lipinski definition) is 2. The van der Waals surface area contributed by atoms with Gasteiger partial charge in [-0.3, -0.25) is 0 Å².